The van der Waals surface area contributed by atoms with Gasteiger partial charge in [-0.25, -0.2) is 13.1 Å². The Kier molecular flexibility index (Phi) is 11.3. The van der Waals surface area contributed by atoms with Crippen molar-refractivity contribution in [3.63, 3.8) is 0 Å². The molecule has 0 unspecified atom stereocenters. The van der Waals surface area contributed by atoms with Crippen LogP contribution < -0.4 is 10.0 Å². The number of rotatable bonds is 6. The van der Waals surface area contributed by atoms with Crippen LogP contribution in [0, 0.1) is 0 Å². The van der Waals surface area contributed by atoms with Gasteiger partial charge in [-0.05, 0) is 31.2 Å². The van der Waals surface area contributed by atoms with Gasteiger partial charge in [0, 0.05) is 37.2 Å². The average Bonchev–Trinajstić information content (AvgIpc) is 2.47. The summed E-state index contributed by atoms with van der Waals surface area (Å²) < 4.78 is 27.7. The molecule has 1 heterocycles. The number of sulfonamides is 1. The third kappa shape index (κ3) is 7.44. The second kappa shape index (κ2) is 11.1. The first-order valence-electron chi connectivity index (χ1n) is 6.87. The summed E-state index contributed by atoms with van der Waals surface area (Å²) in [6.07, 6.45) is 0.783. The van der Waals surface area contributed by atoms with Crippen LogP contribution in [0.4, 0.5) is 0 Å². The zero-order valence-electron chi connectivity index (χ0n) is 12.4. The second-order valence-corrected chi connectivity index (χ2v) is 7.98. The van der Waals surface area contributed by atoms with Crippen LogP contribution in [-0.4, -0.2) is 52.6 Å². The monoisotopic (exact) mass is 467 g/mol. The first-order valence-corrected chi connectivity index (χ1v) is 9.52. The van der Waals surface area contributed by atoms with Crippen LogP contribution in [-0.2, 0) is 10.0 Å². The van der Waals surface area contributed by atoms with E-state index in [2.05, 4.69) is 30.9 Å². The van der Waals surface area contributed by atoms with Crippen molar-refractivity contribution in [1.29, 1.82) is 0 Å². The molecule has 0 aliphatic carbocycles. The molecule has 2 N–H and O–H groups in total. The molecule has 0 spiro atoms. The number of nitrogens with zero attached hydrogens (tertiary/aromatic N) is 1. The topological polar surface area (TPSA) is 61.4 Å². The Balaban J connectivity index is 0.00000242. The highest BCUT2D eigenvalue weighted by molar-refractivity contribution is 9.10. The van der Waals surface area contributed by atoms with E-state index >= 15 is 0 Å². The van der Waals surface area contributed by atoms with Crippen LogP contribution >= 0.6 is 52.3 Å². The normalized spacial score (nSPS) is 15.6. The number of hydrogen-bond donors (Lipinski definition) is 2. The molecule has 1 aromatic rings. The van der Waals surface area contributed by atoms with Crippen molar-refractivity contribution in [3.05, 3.63) is 27.7 Å². The lowest BCUT2D eigenvalue weighted by atomic mass is 10.3. The Morgan fingerprint density at radius 2 is 1.91 bits per heavy atom. The van der Waals surface area contributed by atoms with Gasteiger partial charge >= 0.3 is 0 Å². The molecule has 0 atom stereocenters. The van der Waals surface area contributed by atoms with Gasteiger partial charge in [0.1, 0.15) is 4.90 Å². The van der Waals surface area contributed by atoms with Crippen molar-refractivity contribution in [1.82, 2.24) is 14.9 Å². The summed E-state index contributed by atoms with van der Waals surface area (Å²) in [5.41, 5.74) is 0. The quantitative estimate of drug-likeness (QED) is 0.629. The van der Waals surface area contributed by atoms with E-state index < -0.39 is 10.0 Å². The molecule has 1 saturated heterocycles. The number of halogens is 4. The van der Waals surface area contributed by atoms with Crippen LogP contribution in [0.25, 0.3) is 0 Å². The zero-order valence-corrected chi connectivity index (χ0v) is 17.2. The molecule has 1 fully saturated rings. The molecular weight excluding hydrogens is 448 g/mol. The molecule has 1 aliphatic heterocycles. The molecule has 5 nitrogen and oxygen atoms in total. The molecule has 134 valence electrons. The van der Waals surface area contributed by atoms with E-state index in [0.29, 0.717) is 11.0 Å². The predicted octanol–water partition coefficient (Wildman–Crippen LogP) is 2.52. The highest BCUT2D eigenvalue weighted by atomic mass is 79.9. The molecule has 0 bridgehead atoms. The predicted molar refractivity (Wildman–Crippen MR) is 103 cm³/mol. The zero-order chi connectivity index (χ0) is 15.3. The van der Waals surface area contributed by atoms with E-state index in [1.165, 1.54) is 6.07 Å². The van der Waals surface area contributed by atoms with E-state index in [9.17, 15) is 8.42 Å². The van der Waals surface area contributed by atoms with E-state index in [1.54, 1.807) is 12.1 Å². The maximum atomic E-state index is 12.2. The average molecular weight is 470 g/mol. The third-order valence-electron chi connectivity index (χ3n) is 3.34. The van der Waals surface area contributed by atoms with Gasteiger partial charge in [0.05, 0.1) is 5.02 Å². The smallest absolute Gasteiger partial charge is 0.242 e. The molecule has 0 radical (unpaired) electrons. The number of nitrogens with one attached hydrogen (secondary N) is 2. The Morgan fingerprint density at radius 3 is 2.57 bits per heavy atom. The van der Waals surface area contributed by atoms with E-state index in [0.717, 1.165) is 39.1 Å². The summed E-state index contributed by atoms with van der Waals surface area (Å²) in [7, 11) is -3.56. The van der Waals surface area contributed by atoms with Gasteiger partial charge in [0.2, 0.25) is 10.0 Å². The fourth-order valence-electron chi connectivity index (χ4n) is 2.20. The molecule has 2 rings (SSSR count). The van der Waals surface area contributed by atoms with E-state index in [-0.39, 0.29) is 34.7 Å². The van der Waals surface area contributed by atoms with Crippen LogP contribution in [0.1, 0.15) is 6.42 Å². The van der Waals surface area contributed by atoms with Crippen molar-refractivity contribution in [3.8, 4) is 0 Å². The Morgan fingerprint density at radius 1 is 1.26 bits per heavy atom. The van der Waals surface area contributed by atoms with E-state index in [1.807, 2.05) is 0 Å². The summed E-state index contributed by atoms with van der Waals surface area (Å²) in [5.74, 6) is 0. The fraction of sp³-hybridized carbons (Fsp3) is 0.538. The first-order chi connectivity index (χ1) is 9.99. The van der Waals surface area contributed by atoms with Gasteiger partial charge in [0.15, 0.2) is 0 Å². The molecule has 0 amide bonds. The third-order valence-corrected chi connectivity index (χ3v) is 5.77. The largest absolute Gasteiger partial charge is 0.314 e. The number of hydrogen-bond acceptors (Lipinski definition) is 4. The minimum absolute atomic E-state index is 0. The molecule has 23 heavy (non-hydrogen) atoms. The van der Waals surface area contributed by atoms with Crippen molar-refractivity contribution in [2.75, 3.05) is 39.3 Å². The molecule has 0 aromatic heterocycles. The van der Waals surface area contributed by atoms with Crippen LogP contribution in [0.15, 0.2) is 27.6 Å². The highest BCUT2D eigenvalue weighted by Crippen LogP contribution is 2.24. The fourth-order valence-corrected chi connectivity index (χ4v) is 4.32. The summed E-state index contributed by atoms with van der Waals surface area (Å²) in [6.45, 7) is 5.35. The SMILES string of the molecule is Cl.Cl.O=S(=O)(NCCCN1CCNCC1)c1cc(Br)ccc1Cl. The molecule has 1 aliphatic rings. The number of benzene rings is 1. The lowest BCUT2D eigenvalue weighted by Crippen LogP contribution is -2.44. The molecule has 10 heteroatoms. The lowest BCUT2D eigenvalue weighted by Gasteiger charge is -2.27. The molecule has 0 saturated carbocycles. The number of piperazine rings is 1. The van der Waals surface area contributed by atoms with Gasteiger partial charge in [-0.3, -0.25) is 0 Å². The molecular formula is C13H21BrCl3N3O2S. The minimum Gasteiger partial charge on any atom is -0.314 e. The first kappa shape index (κ1) is 23.4. The Labute approximate surface area is 163 Å². The Bertz CT molecular complexity index is 584. The summed E-state index contributed by atoms with van der Waals surface area (Å²) in [6, 6.07) is 4.80. The van der Waals surface area contributed by atoms with Gasteiger partial charge in [-0.1, -0.05) is 27.5 Å². The standard InChI is InChI=1S/C13H19BrClN3O2S.2ClH/c14-11-2-3-12(15)13(10-11)21(19,20)17-4-1-7-18-8-5-16-6-9-18;;/h2-3,10,16-17H,1,4-9H2;2*1H. The van der Waals surface area contributed by atoms with Gasteiger partial charge in [0.25, 0.3) is 0 Å². The van der Waals surface area contributed by atoms with Crippen LogP contribution in [0.2, 0.25) is 5.02 Å². The van der Waals surface area contributed by atoms with Crippen LogP contribution in [0.3, 0.4) is 0 Å². The van der Waals surface area contributed by atoms with Crippen molar-refractivity contribution in [2.24, 2.45) is 0 Å². The van der Waals surface area contributed by atoms with Gasteiger partial charge in [-0.2, -0.15) is 0 Å². The maximum absolute atomic E-state index is 12.2. The highest BCUT2D eigenvalue weighted by Gasteiger charge is 2.18. The Hall–Kier alpha value is 0.400. The van der Waals surface area contributed by atoms with Crippen LogP contribution in [0.5, 0.6) is 0 Å². The minimum atomic E-state index is -3.56. The summed E-state index contributed by atoms with van der Waals surface area (Å²) >= 11 is 9.22. The summed E-state index contributed by atoms with van der Waals surface area (Å²) in [4.78, 5) is 2.44. The van der Waals surface area contributed by atoms with Crippen molar-refractivity contribution >= 4 is 62.4 Å². The van der Waals surface area contributed by atoms with Crippen molar-refractivity contribution in [2.45, 2.75) is 11.3 Å². The van der Waals surface area contributed by atoms with Gasteiger partial charge < -0.3 is 10.2 Å². The van der Waals surface area contributed by atoms with Crippen molar-refractivity contribution < 1.29 is 8.42 Å². The molecule has 1 aromatic carbocycles. The maximum Gasteiger partial charge on any atom is 0.242 e. The second-order valence-electron chi connectivity index (χ2n) is 4.92. The van der Waals surface area contributed by atoms with Gasteiger partial charge in [-0.15, -0.1) is 24.8 Å². The summed E-state index contributed by atoms with van der Waals surface area (Å²) in [5, 5.41) is 3.52. The van der Waals surface area contributed by atoms with E-state index in [4.69, 9.17) is 11.6 Å². The lowest BCUT2D eigenvalue weighted by molar-refractivity contribution is 0.239.